The first-order valence-corrected chi connectivity index (χ1v) is 7.23. The Morgan fingerprint density at radius 1 is 1.14 bits per heavy atom. The van der Waals surface area contributed by atoms with Crippen molar-refractivity contribution in [2.45, 2.75) is 45.1 Å². The molecule has 0 fully saturated rings. The summed E-state index contributed by atoms with van der Waals surface area (Å²) in [6, 6.07) is 8.09. The third-order valence-corrected chi connectivity index (χ3v) is 3.78. The van der Waals surface area contributed by atoms with Gasteiger partial charge in [-0.15, -0.1) is 0 Å². The largest absolute Gasteiger partial charge is 0.494 e. The summed E-state index contributed by atoms with van der Waals surface area (Å²) in [5, 5.41) is 2.99. The van der Waals surface area contributed by atoms with E-state index in [4.69, 9.17) is 9.47 Å². The minimum atomic E-state index is -0.722. The summed E-state index contributed by atoms with van der Waals surface area (Å²) in [6.07, 6.45) is 0.539. The summed E-state index contributed by atoms with van der Waals surface area (Å²) in [5.41, 5.74) is 0.679. The van der Waals surface area contributed by atoms with Gasteiger partial charge in [0, 0.05) is 6.42 Å². The fourth-order valence-electron chi connectivity index (χ4n) is 1.98. The van der Waals surface area contributed by atoms with Crippen LogP contribution in [0.15, 0.2) is 24.3 Å². The molecule has 1 aromatic rings. The summed E-state index contributed by atoms with van der Waals surface area (Å²) >= 11 is 0. The van der Waals surface area contributed by atoms with Gasteiger partial charge in [-0.05, 0) is 37.1 Å². The van der Waals surface area contributed by atoms with E-state index in [1.807, 2.05) is 19.1 Å². The smallest absolute Gasteiger partial charge is 0.325 e. The third-order valence-electron chi connectivity index (χ3n) is 3.78. The van der Waals surface area contributed by atoms with Gasteiger partial charge in [0.25, 0.3) is 0 Å². The molecule has 0 aliphatic carbocycles. The van der Waals surface area contributed by atoms with Crippen LogP contribution in [-0.4, -0.2) is 32.3 Å². The molecule has 0 saturated heterocycles. The van der Waals surface area contributed by atoms with Gasteiger partial charge in [0.15, 0.2) is 0 Å². The number of likely N-dealkylation sites (N-methyl/N-ethyl adjacent to an activating group) is 1. The fraction of sp³-hybridized carbons (Fsp3) is 0.588. The number of methoxy groups -OCH3 is 1. The Morgan fingerprint density at radius 3 is 2.14 bits per heavy atom. The lowest BCUT2D eigenvalue weighted by Crippen LogP contribution is -2.49. The molecule has 1 atom stereocenters. The molecule has 118 valence electrons. The Labute approximate surface area is 127 Å². The molecule has 0 aliphatic heterocycles. The summed E-state index contributed by atoms with van der Waals surface area (Å²) in [5.74, 6) is 0.531. The average Bonchev–Trinajstić information content (AvgIpc) is 2.45. The Balaban J connectivity index is 2.58. The first-order chi connectivity index (χ1) is 9.73. The molecular weight excluding hydrogens is 266 g/mol. The van der Waals surface area contributed by atoms with E-state index in [-0.39, 0.29) is 11.4 Å². The predicted octanol–water partition coefficient (Wildman–Crippen LogP) is 2.90. The molecule has 0 amide bonds. The van der Waals surface area contributed by atoms with Gasteiger partial charge in [0.2, 0.25) is 0 Å². The molecule has 1 N–H and O–H groups in total. The minimum absolute atomic E-state index is 0.133. The zero-order valence-electron chi connectivity index (χ0n) is 13.9. The highest BCUT2D eigenvalue weighted by Gasteiger charge is 2.32. The molecule has 1 rings (SSSR count). The SMILES string of the molecule is CNC(C)(CCOc1ccc(C(C)(C)C)cc1)C(=O)OC. The van der Waals surface area contributed by atoms with E-state index in [9.17, 15) is 4.79 Å². The molecule has 21 heavy (non-hydrogen) atoms. The molecule has 0 heterocycles. The lowest BCUT2D eigenvalue weighted by atomic mass is 9.87. The number of carbonyl (C=O) groups is 1. The van der Waals surface area contributed by atoms with Crippen molar-refractivity contribution in [3.8, 4) is 5.75 Å². The second-order valence-electron chi connectivity index (χ2n) is 6.45. The summed E-state index contributed by atoms with van der Waals surface area (Å²) in [6.45, 7) is 8.79. The van der Waals surface area contributed by atoms with Crippen LogP contribution in [0.25, 0.3) is 0 Å². The van der Waals surface area contributed by atoms with E-state index in [1.54, 1.807) is 7.05 Å². The third kappa shape index (κ3) is 4.74. The van der Waals surface area contributed by atoms with Crippen LogP contribution in [0.4, 0.5) is 0 Å². The molecule has 0 spiro atoms. The van der Waals surface area contributed by atoms with Crippen LogP contribution in [0.5, 0.6) is 5.75 Å². The standard InChI is InChI=1S/C17H27NO3/c1-16(2,3)13-7-9-14(10-8-13)21-12-11-17(4,18-5)15(19)20-6/h7-10,18H,11-12H2,1-6H3. The zero-order valence-corrected chi connectivity index (χ0v) is 13.9. The molecular formula is C17H27NO3. The predicted molar refractivity (Wildman–Crippen MR) is 84.7 cm³/mol. The highest BCUT2D eigenvalue weighted by Crippen LogP contribution is 2.24. The molecule has 0 bridgehead atoms. The molecule has 0 saturated carbocycles. The van der Waals surface area contributed by atoms with Gasteiger partial charge >= 0.3 is 5.97 Å². The first kappa shape index (κ1) is 17.5. The number of carbonyl (C=O) groups excluding carboxylic acids is 1. The summed E-state index contributed by atoms with van der Waals surface area (Å²) in [7, 11) is 3.14. The summed E-state index contributed by atoms with van der Waals surface area (Å²) < 4.78 is 10.5. The van der Waals surface area contributed by atoms with Crippen molar-refractivity contribution in [1.29, 1.82) is 0 Å². The Morgan fingerprint density at radius 2 is 1.71 bits per heavy atom. The molecule has 0 aromatic heterocycles. The van der Waals surface area contributed by atoms with E-state index >= 15 is 0 Å². The van der Waals surface area contributed by atoms with Crippen LogP contribution in [-0.2, 0) is 14.9 Å². The maximum atomic E-state index is 11.7. The molecule has 0 radical (unpaired) electrons. The lowest BCUT2D eigenvalue weighted by molar-refractivity contribution is -0.148. The zero-order chi connectivity index (χ0) is 16.1. The monoisotopic (exact) mass is 293 g/mol. The van der Waals surface area contributed by atoms with Gasteiger partial charge in [-0.1, -0.05) is 32.9 Å². The van der Waals surface area contributed by atoms with Crippen LogP contribution in [0.2, 0.25) is 0 Å². The normalized spacial score (nSPS) is 14.4. The quantitative estimate of drug-likeness (QED) is 0.819. The maximum absolute atomic E-state index is 11.7. The van der Waals surface area contributed by atoms with Crippen molar-refractivity contribution in [3.05, 3.63) is 29.8 Å². The highest BCUT2D eigenvalue weighted by molar-refractivity contribution is 5.80. The number of benzene rings is 1. The Kier molecular flexibility index (Phi) is 5.78. The van der Waals surface area contributed by atoms with E-state index in [0.29, 0.717) is 13.0 Å². The number of nitrogens with one attached hydrogen (secondary N) is 1. The highest BCUT2D eigenvalue weighted by atomic mass is 16.5. The van der Waals surface area contributed by atoms with Crippen molar-refractivity contribution >= 4 is 5.97 Å². The molecule has 1 aromatic carbocycles. The van der Waals surface area contributed by atoms with Crippen LogP contribution < -0.4 is 10.1 Å². The molecule has 0 aliphatic rings. The number of esters is 1. The van der Waals surface area contributed by atoms with Gasteiger partial charge in [-0.25, -0.2) is 0 Å². The first-order valence-electron chi connectivity index (χ1n) is 7.23. The van der Waals surface area contributed by atoms with Crippen molar-refractivity contribution in [3.63, 3.8) is 0 Å². The number of rotatable bonds is 6. The van der Waals surface area contributed by atoms with Gasteiger partial charge < -0.3 is 14.8 Å². The second-order valence-corrected chi connectivity index (χ2v) is 6.45. The van der Waals surface area contributed by atoms with Gasteiger partial charge in [-0.2, -0.15) is 0 Å². The molecule has 1 unspecified atom stereocenters. The number of hydrogen-bond acceptors (Lipinski definition) is 4. The number of ether oxygens (including phenoxy) is 2. The van der Waals surface area contributed by atoms with Crippen LogP contribution in [0.3, 0.4) is 0 Å². The second kappa shape index (κ2) is 6.94. The maximum Gasteiger partial charge on any atom is 0.325 e. The van der Waals surface area contributed by atoms with Crippen LogP contribution >= 0.6 is 0 Å². The van der Waals surface area contributed by atoms with Gasteiger partial charge in [0.05, 0.1) is 13.7 Å². The topological polar surface area (TPSA) is 47.6 Å². The fourth-order valence-corrected chi connectivity index (χ4v) is 1.98. The summed E-state index contributed by atoms with van der Waals surface area (Å²) in [4.78, 5) is 11.7. The van der Waals surface area contributed by atoms with E-state index in [0.717, 1.165) is 5.75 Å². The van der Waals surface area contributed by atoms with Crippen molar-refractivity contribution < 1.29 is 14.3 Å². The van der Waals surface area contributed by atoms with Crippen molar-refractivity contribution in [2.75, 3.05) is 20.8 Å². The van der Waals surface area contributed by atoms with Crippen LogP contribution in [0, 0.1) is 0 Å². The van der Waals surface area contributed by atoms with E-state index in [2.05, 4.69) is 38.2 Å². The minimum Gasteiger partial charge on any atom is -0.494 e. The lowest BCUT2D eigenvalue weighted by Gasteiger charge is -2.26. The number of hydrogen-bond donors (Lipinski definition) is 1. The van der Waals surface area contributed by atoms with Crippen molar-refractivity contribution in [2.24, 2.45) is 0 Å². The van der Waals surface area contributed by atoms with Gasteiger partial charge in [-0.3, -0.25) is 4.79 Å². The van der Waals surface area contributed by atoms with Crippen molar-refractivity contribution in [1.82, 2.24) is 5.32 Å². The van der Waals surface area contributed by atoms with E-state index in [1.165, 1.54) is 12.7 Å². The van der Waals surface area contributed by atoms with Gasteiger partial charge in [0.1, 0.15) is 11.3 Å². The average molecular weight is 293 g/mol. The Hall–Kier alpha value is -1.55. The van der Waals surface area contributed by atoms with E-state index < -0.39 is 5.54 Å². The molecule has 4 heteroatoms. The van der Waals surface area contributed by atoms with Crippen LogP contribution in [0.1, 0.15) is 39.7 Å². The Bertz CT molecular complexity index is 462. The molecule has 4 nitrogen and oxygen atoms in total.